The summed E-state index contributed by atoms with van der Waals surface area (Å²) in [7, 11) is 0. The van der Waals surface area contributed by atoms with Gasteiger partial charge in [-0.3, -0.25) is 0 Å². The molecule has 0 spiro atoms. The lowest BCUT2D eigenvalue weighted by atomic mass is 9.49. The fourth-order valence-corrected chi connectivity index (χ4v) is 5.20. The van der Waals surface area contributed by atoms with Gasteiger partial charge in [0.15, 0.2) is 6.61 Å². The summed E-state index contributed by atoms with van der Waals surface area (Å²) in [6, 6.07) is 0. The molecule has 0 aromatic carbocycles. The zero-order valence-electron chi connectivity index (χ0n) is 12.4. The van der Waals surface area contributed by atoms with Crippen LogP contribution in [0.5, 0.6) is 0 Å². The molecule has 4 rings (SSSR count). The minimum absolute atomic E-state index is 0.400. The molecule has 0 unspecified atom stereocenters. The third-order valence-electron chi connectivity index (χ3n) is 5.54. The second-order valence-corrected chi connectivity index (χ2v) is 7.21. The lowest BCUT2D eigenvalue weighted by Crippen LogP contribution is -2.46. The van der Waals surface area contributed by atoms with Gasteiger partial charge in [-0.05, 0) is 68.1 Å². The number of esters is 2. The third-order valence-corrected chi connectivity index (χ3v) is 5.54. The van der Waals surface area contributed by atoms with Crippen molar-refractivity contribution >= 4 is 11.9 Å². The molecule has 0 aromatic rings. The summed E-state index contributed by atoms with van der Waals surface area (Å²) in [5.74, 6) is 1.38. The SMILES string of the molecule is O=C(CO)OCC(=O)OCCC12CC3CC(CC(C3)C1)C2. The zero-order chi connectivity index (χ0) is 14.9. The predicted molar refractivity (Wildman–Crippen MR) is 74.2 cm³/mol. The van der Waals surface area contributed by atoms with Crippen molar-refractivity contribution in [1.82, 2.24) is 0 Å². The molecule has 4 saturated carbocycles. The molecule has 4 bridgehead atoms. The Labute approximate surface area is 125 Å². The molecule has 0 amide bonds. The van der Waals surface area contributed by atoms with Crippen molar-refractivity contribution in [1.29, 1.82) is 0 Å². The quantitative estimate of drug-likeness (QED) is 0.755. The van der Waals surface area contributed by atoms with Crippen LogP contribution in [0, 0.1) is 23.2 Å². The first kappa shape index (κ1) is 14.8. The fraction of sp³-hybridized carbons (Fsp3) is 0.875. The standard InChI is InChI=1S/C16H24O5/c17-9-14(18)21-10-15(19)20-2-1-16-6-11-3-12(7-16)5-13(4-11)8-16/h11-13,17H,1-10H2. The maximum Gasteiger partial charge on any atom is 0.344 e. The van der Waals surface area contributed by atoms with Crippen molar-refractivity contribution in [3.8, 4) is 0 Å². The van der Waals surface area contributed by atoms with Crippen LogP contribution in [0.4, 0.5) is 0 Å². The first-order valence-electron chi connectivity index (χ1n) is 8.01. The molecule has 4 aliphatic carbocycles. The van der Waals surface area contributed by atoms with Gasteiger partial charge in [0.1, 0.15) is 6.61 Å². The van der Waals surface area contributed by atoms with Crippen molar-refractivity contribution in [2.45, 2.75) is 44.9 Å². The number of rotatable bonds is 6. The van der Waals surface area contributed by atoms with Gasteiger partial charge < -0.3 is 14.6 Å². The number of hydrogen-bond donors (Lipinski definition) is 1. The molecule has 118 valence electrons. The molecule has 0 aromatic heterocycles. The second-order valence-electron chi connectivity index (χ2n) is 7.21. The Morgan fingerprint density at radius 2 is 1.52 bits per heavy atom. The van der Waals surface area contributed by atoms with Crippen molar-refractivity contribution in [3.63, 3.8) is 0 Å². The predicted octanol–water partition coefficient (Wildman–Crippen LogP) is 1.67. The van der Waals surface area contributed by atoms with E-state index in [2.05, 4.69) is 4.74 Å². The highest BCUT2D eigenvalue weighted by atomic mass is 16.6. The smallest absolute Gasteiger partial charge is 0.344 e. The summed E-state index contributed by atoms with van der Waals surface area (Å²) in [4.78, 5) is 22.2. The Morgan fingerprint density at radius 1 is 0.952 bits per heavy atom. The number of aliphatic hydroxyl groups excluding tert-OH is 1. The molecule has 5 heteroatoms. The number of carbonyl (C=O) groups excluding carboxylic acids is 2. The van der Waals surface area contributed by atoms with Crippen LogP contribution in [0.15, 0.2) is 0 Å². The summed E-state index contributed by atoms with van der Waals surface area (Å²) in [6.07, 6.45) is 9.08. The van der Waals surface area contributed by atoms with Gasteiger partial charge in [0.05, 0.1) is 6.61 Å². The molecule has 21 heavy (non-hydrogen) atoms. The van der Waals surface area contributed by atoms with Gasteiger partial charge in [-0.15, -0.1) is 0 Å². The van der Waals surface area contributed by atoms with Crippen LogP contribution < -0.4 is 0 Å². The van der Waals surface area contributed by atoms with Gasteiger partial charge in [-0.1, -0.05) is 0 Å². The van der Waals surface area contributed by atoms with E-state index in [4.69, 9.17) is 9.84 Å². The van der Waals surface area contributed by atoms with Gasteiger partial charge in [-0.2, -0.15) is 0 Å². The van der Waals surface area contributed by atoms with Crippen LogP contribution in [0.25, 0.3) is 0 Å². The van der Waals surface area contributed by atoms with Gasteiger partial charge in [0.25, 0.3) is 0 Å². The Balaban J connectivity index is 1.41. The van der Waals surface area contributed by atoms with E-state index in [1.54, 1.807) is 0 Å². The van der Waals surface area contributed by atoms with Crippen molar-refractivity contribution < 1.29 is 24.2 Å². The zero-order valence-corrected chi connectivity index (χ0v) is 12.4. The van der Waals surface area contributed by atoms with Gasteiger partial charge in [0, 0.05) is 0 Å². The van der Waals surface area contributed by atoms with Crippen LogP contribution in [-0.2, 0) is 19.1 Å². The molecule has 0 aliphatic heterocycles. The van der Waals surface area contributed by atoms with E-state index < -0.39 is 25.2 Å². The van der Waals surface area contributed by atoms with Crippen molar-refractivity contribution in [2.24, 2.45) is 23.2 Å². The van der Waals surface area contributed by atoms with Crippen LogP contribution in [0.1, 0.15) is 44.9 Å². The topological polar surface area (TPSA) is 72.8 Å². The molecular formula is C16H24O5. The van der Waals surface area contributed by atoms with Crippen molar-refractivity contribution in [3.05, 3.63) is 0 Å². The molecule has 4 aliphatic rings. The van der Waals surface area contributed by atoms with Crippen LogP contribution in [-0.4, -0.2) is 36.9 Å². The molecule has 4 fully saturated rings. The van der Waals surface area contributed by atoms with E-state index in [1.807, 2.05) is 0 Å². The average Bonchev–Trinajstić information content (AvgIpc) is 2.43. The number of hydrogen-bond acceptors (Lipinski definition) is 5. The van der Waals surface area contributed by atoms with E-state index in [0.717, 1.165) is 24.2 Å². The third kappa shape index (κ3) is 3.39. The summed E-state index contributed by atoms with van der Waals surface area (Å²) >= 11 is 0. The number of aliphatic hydroxyl groups is 1. The lowest BCUT2D eigenvalue weighted by Gasteiger charge is -2.57. The van der Waals surface area contributed by atoms with E-state index in [-0.39, 0.29) is 0 Å². The second kappa shape index (κ2) is 5.95. The van der Waals surface area contributed by atoms with E-state index in [1.165, 1.54) is 38.5 Å². The molecule has 0 saturated heterocycles. The average molecular weight is 296 g/mol. The highest BCUT2D eigenvalue weighted by Gasteiger charge is 2.50. The monoisotopic (exact) mass is 296 g/mol. The summed E-state index contributed by atoms with van der Waals surface area (Å²) in [5, 5.41) is 8.49. The van der Waals surface area contributed by atoms with E-state index >= 15 is 0 Å². The molecule has 0 heterocycles. The Bertz CT molecular complexity index is 382. The minimum atomic E-state index is -0.798. The maximum absolute atomic E-state index is 11.5. The molecular weight excluding hydrogens is 272 g/mol. The van der Waals surface area contributed by atoms with E-state index in [9.17, 15) is 9.59 Å². The molecule has 0 atom stereocenters. The normalized spacial score (nSPS) is 36.5. The summed E-state index contributed by atoms with van der Waals surface area (Å²) in [5.41, 5.74) is 0.400. The van der Waals surface area contributed by atoms with Crippen LogP contribution in [0.3, 0.4) is 0 Å². The van der Waals surface area contributed by atoms with Gasteiger partial charge in [0.2, 0.25) is 0 Å². The molecule has 0 radical (unpaired) electrons. The first-order chi connectivity index (χ1) is 10.1. The maximum atomic E-state index is 11.5. The highest BCUT2D eigenvalue weighted by Crippen LogP contribution is 2.61. The first-order valence-corrected chi connectivity index (χ1v) is 8.01. The minimum Gasteiger partial charge on any atom is -0.463 e. The Morgan fingerprint density at radius 3 is 2.05 bits per heavy atom. The highest BCUT2D eigenvalue weighted by molar-refractivity contribution is 5.76. The van der Waals surface area contributed by atoms with Gasteiger partial charge >= 0.3 is 11.9 Å². The molecule has 5 nitrogen and oxygen atoms in total. The van der Waals surface area contributed by atoms with Crippen LogP contribution in [0.2, 0.25) is 0 Å². The largest absolute Gasteiger partial charge is 0.463 e. The van der Waals surface area contributed by atoms with Crippen LogP contribution >= 0.6 is 0 Å². The van der Waals surface area contributed by atoms with Crippen molar-refractivity contribution in [2.75, 3.05) is 19.8 Å². The fourth-order valence-electron chi connectivity index (χ4n) is 5.20. The van der Waals surface area contributed by atoms with E-state index in [0.29, 0.717) is 12.0 Å². The Hall–Kier alpha value is -1.10. The molecule has 1 N–H and O–H groups in total. The lowest BCUT2D eigenvalue weighted by molar-refractivity contribution is -0.161. The number of ether oxygens (including phenoxy) is 2. The van der Waals surface area contributed by atoms with Gasteiger partial charge in [-0.25, -0.2) is 9.59 Å². The number of carbonyl (C=O) groups is 2. The summed E-state index contributed by atoms with van der Waals surface area (Å²) < 4.78 is 9.71. The summed E-state index contributed by atoms with van der Waals surface area (Å²) in [6.45, 7) is -0.692. The Kier molecular flexibility index (Phi) is 4.20.